The van der Waals surface area contributed by atoms with E-state index in [-0.39, 0.29) is 62.7 Å². The number of hydrogen-bond acceptors (Lipinski definition) is 30. The predicted octanol–water partition coefficient (Wildman–Crippen LogP) is 7.02. The van der Waals surface area contributed by atoms with E-state index in [2.05, 4.69) is 51.4 Å². The van der Waals surface area contributed by atoms with Gasteiger partial charge in [-0.15, -0.1) is 0 Å². The molecule has 0 saturated carbocycles. The molecule has 96 heavy (non-hydrogen) atoms. The van der Waals surface area contributed by atoms with E-state index in [0.29, 0.717) is 22.0 Å². The van der Waals surface area contributed by atoms with Gasteiger partial charge in [-0.2, -0.15) is 0 Å². The topological polar surface area (TPSA) is 505 Å². The molecule has 0 aliphatic heterocycles. The van der Waals surface area contributed by atoms with Crippen LogP contribution in [-0.4, -0.2) is 171 Å². The second kappa shape index (κ2) is 41.6. The first kappa shape index (κ1) is 83.0. The molecular weight excluding hydrogens is 1330 g/mol. The van der Waals surface area contributed by atoms with Crippen molar-refractivity contribution in [1.82, 2.24) is 25.6 Å². The molecule has 3 aromatic heterocycles. The smallest absolute Gasteiger partial charge is 0.408 e. The molecule has 38 heteroatoms. The number of benzene rings is 3. The van der Waals surface area contributed by atoms with Gasteiger partial charge in [-0.05, 0) is 108 Å². The number of nitrogens with one attached hydrogen (secondary N) is 2. The maximum Gasteiger partial charge on any atom is 0.408 e. The van der Waals surface area contributed by atoms with Gasteiger partial charge in [0.05, 0.1) is 71.5 Å². The zero-order valence-electron chi connectivity index (χ0n) is 53.3. The fourth-order valence-corrected chi connectivity index (χ4v) is 7.05. The Labute approximate surface area is 555 Å². The number of nitrogens with zero attached hydrogens (tertiary/aromatic N) is 6. The van der Waals surface area contributed by atoms with Crippen molar-refractivity contribution >= 4 is 126 Å². The Morgan fingerprint density at radius 2 is 0.854 bits per heavy atom. The summed E-state index contributed by atoms with van der Waals surface area (Å²) < 4.78 is 48.9. The number of halogens is 2. The van der Waals surface area contributed by atoms with Gasteiger partial charge in [0, 0.05) is 50.8 Å². The van der Waals surface area contributed by atoms with E-state index in [1.807, 2.05) is 0 Å². The number of aliphatic carboxylic acids is 1. The Kier molecular flexibility index (Phi) is 36.0. The van der Waals surface area contributed by atoms with Crippen LogP contribution in [0.3, 0.4) is 0 Å². The van der Waals surface area contributed by atoms with Crippen LogP contribution in [0.25, 0.3) is 32.7 Å². The minimum absolute atomic E-state index is 0.00465. The van der Waals surface area contributed by atoms with Crippen molar-refractivity contribution in [3.63, 3.8) is 0 Å². The summed E-state index contributed by atoms with van der Waals surface area (Å²) in [7, 11) is 4.44. The van der Waals surface area contributed by atoms with E-state index in [1.54, 1.807) is 72.0 Å². The number of fused-ring (bicyclic) bond motifs is 3. The maximum atomic E-state index is 12.4. The summed E-state index contributed by atoms with van der Waals surface area (Å²) in [6, 6.07) is 13.5. The molecule has 0 spiro atoms. The molecule has 0 fully saturated rings. The van der Waals surface area contributed by atoms with E-state index in [4.69, 9.17) is 60.7 Å². The molecule has 3 heterocycles. The highest BCUT2D eigenvalue weighted by molar-refractivity contribution is 6.62. The quantitative estimate of drug-likeness (QED) is 0.00866. The van der Waals surface area contributed by atoms with Crippen LogP contribution in [0.1, 0.15) is 67.7 Å². The highest BCUT2D eigenvalue weighted by Crippen LogP contribution is 2.34. The summed E-state index contributed by atoms with van der Waals surface area (Å²) >= 11 is 10.1. The number of carboxylic acid groups (broad SMARTS) is 1. The van der Waals surface area contributed by atoms with Crippen LogP contribution in [0.15, 0.2) is 91.4 Å². The molecule has 6 N–H and O–H groups in total. The van der Waals surface area contributed by atoms with Gasteiger partial charge in [0.1, 0.15) is 63.1 Å². The number of aliphatic hydroxyl groups is 1. The first-order valence-corrected chi connectivity index (χ1v) is 28.1. The second-order valence-corrected chi connectivity index (χ2v) is 20.8. The van der Waals surface area contributed by atoms with Crippen molar-refractivity contribution in [3.05, 3.63) is 122 Å². The molecule has 0 unspecified atom stereocenters. The molecule has 0 aliphatic rings. The average molecular weight is 1400 g/mol. The van der Waals surface area contributed by atoms with Gasteiger partial charge in [0.25, 0.3) is 17.1 Å². The minimum Gasteiger partial charge on any atom is -0.480 e. The SMILES string of the molecule is CC(=O)Cl.CO.COC(=O)C[C@H](N)C(=O)OCOc1ccc([N+](=O)[O-])c2cccnc12.COC(=O)C[C@H](NC(=O)OC(C)(C)C)C(=O)O.COC(=O)C[C@H](NC(=O)OC(C)(C)C)C(=O)OCOc1ccc([N+](=O)[O-])c2cccnc12.O=[N+]([O-])c1ccc(OCCl)c2ncccc12. The molecule has 0 bridgehead atoms. The van der Waals surface area contributed by atoms with E-state index in [0.717, 1.165) is 21.3 Å². The number of aromatic nitrogens is 3. The zero-order valence-corrected chi connectivity index (χ0v) is 54.8. The average Bonchev–Trinajstić information content (AvgIpc) is 0.816. The summed E-state index contributed by atoms with van der Waals surface area (Å²) in [4.78, 5) is 145. The number of aliphatic hydroxyl groups excluding tert-OH is 1. The van der Waals surface area contributed by atoms with Crippen molar-refractivity contribution in [2.24, 2.45) is 5.73 Å². The molecule has 0 aliphatic carbocycles. The standard InChI is InChI=1S/C20H23N3O9.C15H15N3O7.C10H7ClN2O3.C10H17NO6.C2H3ClO.CH4O/c1-20(2,3)32-19(26)22-13(10-16(24)29-4)18(25)31-11-30-15-8-7-14(23(27)28)12-6-5-9-21-17(12)15;1-23-13(19)7-10(16)15(20)25-8-24-12-5-4-11(18(21)22)9-3-2-6-17-14(9)12;11-6-16-9-4-3-8(13(14)15)7-2-1-5-12-10(7)9;1-10(2,3)17-9(15)11-6(8(13)14)5-7(12)16-4;1-2(3)4;1-2/h5-9,13H,10-11H2,1-4H3,(H,22,26);2-6,10H,7-8,16H2,1H3;1-5H,6H2;6H,5H2,1-4H3,(H,11,15)(H,13,14);1H3;2H,1H3/t13-;10-;;6-;;/m00.0../s1. The number of ether oxygens (including phenoxy) is 10. The third kappa shape index (κ3) is 30.2. The number of amides is 2. The summed E-state index contributed by atoms with van der Waals surface area (Å²) in [5.74, 6) is -4.49. The lowest BCUT2D eigenvalue weighted by Crippen LogP contribution is -2.45. The number of carboxylic acids is 1. The number of nitro benzene ring substituents is 3. The van der Waals surface area contributed by atoms with Crippen molar-refractivity contribution < 1.29 is 116 Å². The number of hydrogen-bond donors (Lipinski definition) is 5. The number of nitro groups is 3. The van der Waals surface area contributed by atoms with E-state index >= 15 is 0 Å². The minimum atomic E-state index is -1.38. The van der Waals surface area contributed by atoms with Crippen LogP contribution in [0.2, 0.25) is 0 Å². The Hall–Kier alpha value is -11.0. The van der Waals surface area contributed by atoms with Crippen LogP contribution in [-0.2, 0) is 66.7 Å². The highest BCUT2D eigenvalue weighted by Gasteiger charge is 2.30. The normalized spacial score (nSPS) is 11.2. The first-order chi connectivity index (χ1) is 45.1. The number of alkyl halides is 1. The van der Waals surface area contributed by atoms with Gasteiger partial charge in [-0.1, -0.05) is 11.6 Å². The number of non-ortho nitro benzene ring substituents is 3. The predicted molar refractivity (Wildman–Crippen MR) is 336 cm³/mol. The van der Waals surface area contributed by atoms with Gasteiger partial charge in [-0.25, -0.2) is 19.2 Å². The number of rotatable bonds is 22. The lowest BCUT2D eigenvalue weighted by molar-refractivity contribution is -0.383. The molecular formula is C58H69Cl2N9O27. The summed E-state index contributed by atoms with van der Waals surface area (Å²) in [5.41, 5.74) is 4.57. The van der Waals surface area contributed by atoms with Gasteiger partial charge in [-0.3, -0.25) is 69.3 Å². The third-order valence-electron chi connectivity index (χ3n) is 10.8. The van der Waals surface area contributed by atoms with Crippen LogP contribution in [0.4, 0.5) is 26.7 Å². The lowest BCUT2D eigenvalue weighted by atomic mass is 10.1. The van der Waals surface area contributed by atoms with Crippen molar-refractivity contribution in [2.45, 2.75) is 97.1 Å². The summed E-state index contributed by atoms with van der Waals surface area (Å²) in [6.45, 7) is 10.0. The number of pyridine rings is 3. The number of carbonyl (C=O) groups excluding carboxylic acids is 8. The third-order valence-corrected chi connectivity index (χ3v) is 10.9. The monoisotopic (exact) mass is 1390 g/mol. The van der Waals surface area contributed by atoms with Crippen molar-refractivity contribution in [1.29, 1.82) is 0 Å². The van der Waals surface area contributed by atoms with E-state index in [9.17, 15) is 73.5 Å². The van der Waals surface area contributed by atoms with Crippen LogP contribution in [0.5, 0.6) is 17.2 Å². The molecule has 0 saturated heterocycles. The highest BCUT2D eigenvalue weighted by atomic mass is 35.5. The van der Waals surface area contributed by atoms with E-state index in [1.165, 1.54) is 75.0 Å². The second-order valence-electron chi connectivity index (χ2n) is 20.1. The molecule has 36 nitrogen and oxygen atoms in total. The molecule has 3 atom stereocenters. The number of esters is 5. The van der Waals surface area contributed by atoms with Gasteiger partial charge in [0.2, 0.25) is 18.8 Å². The largest absolute Gasteiger partial charge is 0.480 e. The Morgan fingerprint density at radius 1 is 0.542 bits per heavy atom. The van der Waals surface area contributed by atoms with Crippen LogP contribution in [0, 0.1) is 30.3 Å². The van der Waals surface area contributed by atoms with Crippen LogP contribution < -0.4 is 30.6 Å². The lowest BCUT2D eigenvalue weighted by Gasteiger charge is -2.22. The number of alkyl carbamates (subject to hydrolysis) is 2. The number of carbonyl (C=O) groups is 9. The van der Waals surface area contributed by atoms with Gasteiger partial charge >= 0.3 is 48.0 Å². The first-order valence-electron chi connectivity index (χ1n) is 27.2. The zero-order chi connectivity index (χ0) is 73.0. The maximum absolute atomic E-state index is 12.4. The number of nitrogens with two attached hydrogens (primary N) is 1. The molecule has 2 amide bonds. The fraction of sp³-hybridized carbons (Fsp3) is 0.379. The van der Waals surface area contributed by atoms with Crippen molar-refractivity contribution in [3.8, 4) is 17.2 Å². The number of methoxy groups -OCH3 is 3. The van der Waals surface area contributed by atoms with Gasteiger partial charge in [0.15, 0.2) is 6.07 Å². The Morgan fingerprint density at radius 3 is 1.17 bits per heavy atom. The summed E-state index contributed by atoms with van der Waals surface area (Å²) in [5, 5.41) is 53.7. The van der Waals surface area contributed by atoms with Gasteiger partial charge < -0.3 is 73.9 Å². The molecule has 3 aromatic carbocycles. The molecule has 522 valence electrons. The molecule has 6 aromatic rings. The molecule has 6 rings (SSSR count). The Bertz CT molecular complexity index is 3680. The fourth-order valence-electron chi connectivity index (χ4n) is 6.93. The molecule has 0 radical (unpaired) electrons. The van der Waals surface area contributed by atoms with E-state index < -0.39 is 119 Å². The Balaban J connectivity index is 0.000000643. The van der Waals surface area contributed by atoms with Crippen molar-refractivity contribution in [2.75, 3.05) is 48.1 Å². The van der Waals surface area contributed by atoms with Crippen LogP contribution >= 0.6 is 23.2 Å². The summed E-state index contributed by atoms with van der Waals surface area (Å²) in [6.07, 6.45) is 1.36.